The van der Waals surface area contributed by atoms with Crippen molar-refractivity contribution in [2.24, 2.45) is 0 Å². The van der Waals surface area contributed by atoms with Crippen LogP contribution in [0.25, 0.3) is 0 Å². The average molecular weight is 276 g/mol. The van der Waals surface area contributed by atoms with Crippen LogP contribution in [0, 0.1) is 0 Å². The first-order chi connectivity index (χ1) is 9.31. The monoisotopic (exact) mass is 276 g/mol. The lowest BCUT2D eigenvalue weighted by atomic mass is 10.1. The first-order valence-corrected chi connectivity index (χ1v) is 5.91. The highest BCUT2D eigenvalue weighted by Gasteiger charge is 2.12. The molecule has 106 valence electrons. The third kappa shape index (κ3) is 4.24. The van der Waals surface area contributed by atoms with E-state index in [1.165, 1.54) is 20.8 Å². The molecule has 1 rings (SSSR count). The van der Waals surface area contributed by atoms with Gasteiger partial charge in [0.15, 0.2) is 0 Å². The summed E-state index contributed by atoms with van der Waals surface area (Å²) in [4.78, 5) is 33.6. The van der Waals surface area contributed by atoms with Crippen molar-refractivity contribution in [1.29, 1.82) is 0 Å². The van der Waals surface area contributed by atoms with Crippen LogP contribution in [0.2, 0.25) is 0 Å². The fourth-order valence-electron chi connectivity index (χ4n) is 1.43. The van der Waals surface area contributed by atoms with Gasteiger partial charge in [-0.05, 0) is 32.0 Å². The van der Waals surface area contributed by atoms with Crippen LogP contribution >= 0.6 is 0 Å². The number of nitrogens with one attached hydrogen (secondary N) is 2. The van der Waals surface area contributed by atoms with E-state index in [0.717, 1.165) is 0 Å². The van der Waals surface area contributed by atoms with E-state index in [9.17, 15) is 14.4 Å². The largest absolute Gasteiger partial charge is 0.478 e. The molecule has 0 unspecified atom stereocenters. The second kappa shape index (κ2) is 6.51. The fourth-order valence-corrected chi connectivity index (χ4v) is 1.43. The molecule has 0 heterocycles. The Morgan fingerprint density at radius 1 is 0.950 bits per heavy atom. The van der Waals surface area contributed by atoms with Crippen molar-refractivity contribution >= 4 is 29.2 Å². The second-order valence-electron chi connectivity index (χ2n) is 4.27. The predicted molar refractivity (Wildman–Crippen MR) is 75.4 cm³/mol. The zero-order valence-electron chi connectivity index (χ0n) is 11.5. The maximum atomic E-state index is 11.9. The normalized spacial score (nSPS) is 11.3. The van der Waals surface area contributed by atoms with Crippen molar-refractivity contribution in [2.45, 2.75) is 20.8 Å². The molecule has 1 aromatic carbocycles. The number of rotatable bonds is 4. The van der Waals surface area contributed by atoms with E-state index in [0.29, 0.717) is 11.4 Å². The molecule has 2 amide bonds. The van der Waals surface area contributed by atoms with Gasteiger partial charge in [0.2, 0.25) is 5.91 Å². The Balaban J connectivity index is 2.89. The molecule has 3 N–H and O–H groups in total. The van der Waals surface area contributed by atoms with E-state index >= 15 is 0 Å². The number of carboxylic acid groups (broad SMARTS) is 1. The number of hydrogen-bond acceptors (Lipinski definition) is 3. The van der Waals surface area contributed by atoms with Gasteiger partial charge in [0.25, 0.3) is 5.91 Å². The zero-order chi connectivity index (χ0) is 15.3. The Labute approximate surface area is 116 Å². The molecule has 0 aromatic heterocycles. The first kappa shape index (κ1) is 15.4. The molecule has 0 aliphatic carbocycles. The number of hydrogen-bond donors (Lipinski definition) is 3. The second-order valence-corrected chi connectivity index (χ2v) is 4.27. The predicted octanol–water partition coefficient (Wildman–Crippen LogP) is 2.00. The molecule has 6 nitrogen and oxygen atoms in total. The highest BCUT2D eigenvalue weighted by atomic mass is 16.4. The number of aliphatic carboxylic acids is 1. The summed E-state index contributed by atoms with van der Waals surface area (Å²) in [6, 6.07) is 6.58. The quantitative estimate of drug-likeness (QED) is 0.733. The van der Waals surface area contributed by atoms with Gasteiger partial charge in [-0.2, -0.15) is 0 Å². The SMILES string of the molecule is CC(=O)Nc1cccc(NC(=O)/C(C)=C(/C)C(=O)O)c1. The summed E-state index contributed by atoms with van der Waals surface area (Å²) in [7, 11) is 0. The van der Waals surface area contributed by atoms with Crippen LogP contribution in [0.15, 0.2) is 35.4 Å². The summed E-state index contributed by atoms with van der Waals surface area (Å²) in [6.45, 7) is 4.19. The lowest BCUT2D eigenvalue weighted by Crippen LogP contribution is -2.16. The maximum Gasteiger partial charge on any atom is 0.331 e. The number of amides is 2. The zero-order valence-corrected chi connectivity index (χ0v) is 11.5. The average Bonchev–Trinajstić information content (AvgIpc) is 2.36. The van der Waals surface area contributed by atoms with Crippen LogP contribution in [0.4, 0.5) is 11.4 Å². The van der Waals surface area contributed by atoms with Crippen molar-refractivity contribution in [3.05, 3.63) is 35.4 Å². The minimum absolute atomic E-state index is 0.0134. The minimum Gasteiger partial charge on any atom is -0.478 e. The summed E-state index contributed by atoms with van der Waals surface area (Å²) in [6.07, 6.45) is 0. The summed E-state index contributed by atoms with van der Waals surface area (Å²) in [5.74, 6) is -1.85. The van der Waals surface area contributed by atoms with Gasteiger partial charge < -0.3 is 15.7 Å². The molecule has 0 aliphatic rings. The van der Waals surface area contributed by atoms with Crippen LogP contribution in [0.5, 0.6) is 0 Å². The van der Waals surface area contributed by atoms with Crippen molar-refractivity contribution in [2.75, 3.05) is 10.6 Å². The molecule has 0 saturated carbocycles. The van der Waals surface area contributed by atoms with Crippen LogP contribution < -0.4 is 10.6 Å². The van der Waals surface area contributed by atoms with E-state index in [4.69, 9.17) is 5.11 Å². The lowest BCUT2D eigenvalue weighted by Gasteiger charge is -2.09. The first-order valence-electron chi connectivity index (χ1n) is 5.91. The summed E-state index contributed by atoms with van der Waals surface area (Å²) in [5.41, 5.74) is 1.13. The topological polar surface area (TPSA) is 95.5 Å². The molecular formula is C14H16N2O4. The van der Waals surface area contributed by atoms with Crippen LogP contribution in [-0.2, 0) is 14.4 Å². The summed E-state index contributed by atoms with van der Waals surface area (Å²) in [5, 5.41) is 14.0. The lowest BCUT2D eigenvalue weighted by molar-refractivity contribution is -0.133. The Hall–Kier alpha value is -2.63. The molecular weight excluding hydrogens is 260 g/mol. The van der Waals surface area contributed by atoms with Crippen LogP contribution in [0.1, 0.15) is 20.8 Å². The molecule has 0 aliphatic heterocycles. The molecule has 1 aromatic rings. The van der Waals surface area contributed by atoms with Gasteiger partial charge >= 0.3 is 5.97 Å². The molecule has 0 spiro atoms. The van der Waals surface area contributed by atoms with Crippen LogP contribution in [-0.4, -0.2) is 22.9 Å². The van der Waals surface area contributed by atoms with E-state index in [1.54, 1.807) is 24.3 Å². The highest BCUT2D eigenvalue weighted by Crippen LogP contribution is 2.16. The smallest absolute Gasteiger partial charge is 0.331 e. The van der Waals surface area contributed by atoms with Gasteiger partial charge in [-0.3, -0.25) is 9.59 Å². The third-order valence-electron chi connectivity index (χ3n) is 2.66. The molecule has 0 atom stereocenters. The number of carbonyl (C=O) groups excluding carboxylic acids is 2. The van der Waals surface area contributed by atoms with Crippen molar-refractivity contribution in [1.82, 2.24) is 0 Å². The van der Waals surface area contributed by atoms with Crippen molar-refractivity contribution in [3.63, 3.8) is 0 Å². The summed E-state index contributed by atoms with van der Waals surface area (Å²) < 4.78 is 0. The maximum absolute atomic E-state index is 11.9. The summed E-state index contributed by atoms with van der Waals surface area (Å²) >= 11 is 0. The molecule has 0 bridgehead atoms. The van der Waals surface area contributed by atoms with E-state index < -0.39 is 11.9 Å². The van der Waals surface area contributed by atoms with E-state index in [-0.39, 0.29) is 17.1 Å². The third-order valence-corrected chi connectivity index (χ3v) is 2.66. The van der Waals surface area contributed by atoms with Gasteiger partial charge in [0.05, 0.1) is 0 Å². The van der Waals surface area contributed by atoms with Gasteiger partial charge in [0.1, 0.15) is 0 Å². The minimum atomic E-state index is -1.13. The highest BCUT2D eigenvalue weighted by molar-refractivity contribution is 6.08. The van der Waals surface area contributed by atoms with Gasteiger partial charge in [-0.25, -0.2) is 4.79 Å². The Kier molecular flexibility index (Phi) is 5.02. The van der Waals surface area contributed by atoms with Gasteiger partial charge in [-0.15, -0.1) is 0 Å². The Morgan fingerprint density at radius 3 is 2.00 bits per heavy atom. The van der Waals surface area contributed by atoms with E-state index in [1.807, 2.05) is 0 Å². The fraction of sp³-hybridized carbons (Fsp3) is 0.214. The van der Waals surface area contributed by atoms with Crippen LogP contribution in [0.3, 0.4) is 0 Å². The molecule has 0 radical (unpaired) electrons. The standard InChI is InChI=1S/C14H16N2O4/c1-8(9(2)14(19)20)13(18)16-12-6-4-5-11(7-12)15-10(3)17/h4-7H,1-3H3,(H,15,17)(H,16,18)(H,19,20)/b9-8-. The van der Waals surface area contributed by atoms with Gasteiger partial charge in [-0.1, -0.05) is 6.07 Å². The number of carbonyl (C=O) groups is 3. The number of benzene rings is 1. The number of anilines is 2. The number of carboxylic acids is 1. The van der Waals surface area contributed by atoms with Crippen molar-refractivity contribution in [3.8, 4) is 0 Å². The molecule has 6 heteroatoms. The molecule has 20 heavy (non-hydrogen) atoms. The Morgan fingerprint density at radius 2 is 1.50 bits per heavy atom. The molecule has 0 saturated heterocycles. The van der Waals surface area contributed by atoms with Crippen molar-refractivity contribution < 1.29 is 19.5 Å². The molecule has 0 fully saturated rings. The Bertz CT molecular complexity index is 591. The van der Waals surface area contributed by atoms with Gasteiger partial charge in [0, 0.05) is 29.4 Å². The van der Waals surface area contributed by atoms with E-state index in [2.05, 4.69) is 10.6 Å².